The minimum absolute atomic E-state index is 0.175. The summed E-state index contributed by atoms with van der Waals surface area (Å²) in [7, 11) is 0. The number of fused-ring (bicyclic) bond motifs is 3. The van der Waals surface area contributed by atoms with E-state index in [1.807, 2.05) is 0 Å². The van der Waals surface area contributed by atoms with Crippen LogP contribution >= 0.6 is 0 Å². The number of anilines is 6. The van der Waals surface area contributed by atoms with Crippen LogP contribution in [0.3, 0.4) is 0 Å². The molecule has 0 saturated heterocycles. The zero-order chi connectivity index (χ0) is 56.7. The predicted molar refractivity (Wildman–Crippen MR) is 351 cm³/mol. The van der Waals surface area contributed by atoms with Crippen LogP contribution in [-0.2, 0) is 12.8 Å². The number of benzene rings is 12. The van der Waals surface area contributed by atoms with Crippen LogP contribution in [0.25, 0.3) is 87.6 Å². The minimum Gasteiger partial charge on any atom is -0.505 e. The van der Waals surface area contributed by atoms with Gasteiger partial charge in [0.25, 0.3) is 0 Å². The molecule has 13 aromatic rings. The van der Waals surface area contributed by atoms with E-state index in [9.17, 15) is 5.11 Å². The third kappa shape index (κ3) is 8.58. The van der Waals surface area contributed by atoms with E-state index >= 15 is 0 Å². The normalized spacial score (nSPS) is 11.9. The zero-order valence-corrected chi connectivity index (χ0v) is 48.9. The van der Waals surface area contributed by atoms with E-state index in [2.05, 4.69) is 279 Å². The van der Waals surface area contributed by atoms with Gasteiger partial charge in [0, 0.05) is 44.0 Å². The van der Waals surface area contributed by atoms with Crippen LogP contribution in [0.15, 0.2) is 205 Å². The molecule has 0 atom stereocenters. The molecule has 4 nitrogen and oxygen atoms in total. The lowest BCUT2D eigenvalue weighted by atomic mass is 9.84. The van der Waals surface area contributed by atoms with E-state index < -0.39 is 0 Å². The van der Waals surface area contributed by atoms with Crippen LogP contribution in [0, 0.1) is 27.7 Å². The molecule has 0 saturated carbocycles. The molecule has 0 spiro atoms. The molecule has 0 aliphatic carbocycles. The summed E-state index contributed by atoms with van der Waals surface area (Å²) in [5, 5.41) is 22.5. The van der Waals surface area contributed by atoms with Crippen molar-refractivity contribution < 1.29 is 9.52 Å². The van der Waals surface area contributed by atoms with Gasteiger partial charge < -0.3 is 19.3 Å². The predicted octanol–water partition coefficient (Wildman–Crippen LogP) is 22.7. The van der Waals surface area contributed by atoms with Crippen LogP contribution in [-0.4, -0.2) is 5.11 Å². The third-order valence-corrected chi connectivity index (χ3v) is 17.4. The maximum absolute atomic E-state index is 13.1. The van der Waals surface area contributed by atoms with Crippen molar-refractivity contribution in [3.05, 3.63) is 245 Å². The number of nitrogens with zero attached hydrogens (tertiary/aromatic N) is 2. The number of phenolic OH excluding ortho intramolecular Hbond substituents is 1. The first kappa shape index (κ1) is 52.3. The second-order valence-electron chi connectivity index (χ2n) is 23.3. The van der Waals surface area contributed by atoms with Gasteiger partial charge in [0.05, 0.1) is 22.7 Å². The van der Waals surface area contributed by atoms with Crippen LogP contribution in [0.4, 0.5) is 34.1 Å². The fourth-order valence-electron chi connectivity index (χ4n) is 13.4. The first-order valence-electron chi connectivity index (χ1n) is 29.4. The molecule has 1 heterocycles. The van der Waals surface area contributed by atoms with Crippen molar-refractivity contribution in [3.63, 3.8) is 0 Å². The maximum atomic E-state index is 13.1. The Hall–Kier alpha value is -9.12. The van der Waals surface area contributed by atoms with Gasteiger partial charge in [-0.05, 0) is 172 Å². The second kappa shape index (κ2) is 20.8. The van der Waals surface area contributed by atoms with Crippen molar-refractivity contribution in [1.29, 1.82) is 0 Å². The number of phenols is 1. The van der Waals surface area contributed by atoms with E-state index in [4.69, 9.17) is 4.42 Å². The summed E-state index contributed by atoms with van der Waals surface area (Å²) in [6.45, 7) is 22.5. The Labute approximate surface area is 482 Å². The zero-order valence-electron chi connectivity index (χ0n) is 48.9. The molecule has 0 unspecified atom stereocenters. The highest BCUT2D eigenvalue weighted by Crippen LogP contribution is 2.54. The molecule has 0 amide bonds. The maximum Gasteiger partial charge on any atom is 0.159 e. The molecule has 0 aliphatic rings. The average molecular weight is 1070 g/mol. The Morgan fingerprint density at radius 3 is 1.39 bits per heavy atom. The number of para-hydroxylation sites is 3. The monoisotopic (exact) mass is 1070 g/mol. The Morgan fingerprint density at radius 1 is 0.366 bits per heavy atom. The van der Waals surface area contributed by atoms with Gasteiger partial charge in [-0.1, -0.05) is 210 Å². The molecule has 1 aromatic heterocycles. The molecule has 0 fully saturated rings. The third-order valence-electron chi connectivity index (χ3n) is 17.4. The second-order valence-corrected chi connectivity index (χ2v) is 23.3. The smallest absolute Gasteiger partial charge is 0.159 e. The summed E-state index contributed by atoms with van der Waals surface area (Å²) >= 11 is 0. The number of rotatable bonds is 13. The van der Waals surface area contributed by atoms with Crippen molar-refractivity contribution >= 4 is 88.4 Å². The van der Waals surface area contributed by atoms with Crippen LogP contribution < -0.4 is 9.80 Å². The number of hydrogen-bond acceptors (Lipinski definition) is 4. The number of aryl methyl sites for hydroxylation is 6. The van der Waals surface area contributed by atoms with E-state index in [-0.39, 0.29) is 17.6 Å². The topological polar surface area (TPSA) is 39.9 Å². The lowest BCUT2D eigenvalue weighted by Crippen LogP contribution is -2.14. The first-order valence-corrected chi connectivity index (χ1v) is 29.4. The quantitative estimate of drug-likeness (QED) is 0.117. The van der Waals surface area contributed by atoms with Crippen molar-refractivity contribution in [2.45, 2.75) is 93.9 Å². The average Bonchev–Trinajstić information content (AvgIpc) is 2.06. The number of hydrogen-bond donors (Lipinski definition) is 1. The molecule has 404 valence electrons. The highest BCUT2D eigenvalue weighted by molar-refractivity contribution is 6.30. The summed E-state index contributed by atoms with van der Waals surface area (Å²) in [6.07, 6.45) is 1.86. The lowest BCUT2D eigenvalue weighted by Gasteiger charge is -2.33. The van der Waals surface area contributed by atoms with Crippen molar-refractivity contribution in [2.75, 3.05) is 9.80 Å². The standard InChI is InChI=1S/C78H70N2O2/c1-11-52-21-13-15-25-56(52)54-23-17-24-55(43-54)58-27-19-31-70(76(58)81)79(68-39-33-48(7)41-50(68)9)72-44-66(46(3)4)59-36-38-65-73(45-67(47(5)6)60-35-37-64(72)74(59)75(60)65)80(69-40-34-49(8)42-51(69)10)71-32-20-30-63-62-29-18-28-61(77(62)82-78(63)71)57-26-16-14-22-53(57)12-2/h13-47,81H,11-12H2,1-10H3. The molecule has 12 aromatic carbocycles. The number of furan rings is 1. The molecule has 0 aliphatic heterocycles. The summed E-state index contributed by atoms with van der Waals surface area (Å²) < 4.78 is 7.36. The van der Waals surface area contributed by atoms with Gasteiger partial charge in [-0.2, -0.15) is 0 Å². The van der Waals surface area contributed by atoms with Gasteiger partial charge in [0.2, 0.25) is 0 Å². The van der Waals surface area contributed by atoms with E-state index in [1.54, 1.807) is 0 Å². The van der Waals surface area contributed by atoms with Gasteiger partial charge in [0.1, 0.15) is 11.3 Å². The van der Waals surface area contributed by atoms with Crippen molar-refractivity contribution in [2.24, 2.45) is 0 Å². The highest BCUT2D eigenvalue weighted by atomic mass is 16.3. The molecule has 0 radical (unpaired) electrons. The SMILES string of the molecule is CCc1ccccc1-c1cccc(-c2cccc(N(c3ccc(C)cc3C)c3cc(C(C)C)c4ccc5c(N(c6ccc(C)cc6C)c6cccc7c6oc6c(-c8ccccc8CC)cccc67)cc(C(C)C)c6ccc3c4c65)c2O)c1. The molecular weight excluding hydrogens is 997 g/mol. The molecule has 0 bridgehead atoms. The van der Waals surface area contributed by atoms with Gasteiger partial charge in [-0.25, -0.2) is 0 Å². The fraction of sp³-hybridized carbons (Fsp3) is 0.179. The van der Waals surface area contributed by atoms with E-state index in [1.165, 1.54) is 71.6 Å². The molecule has 4 heteroatoms. The largest absolute Gasteiger partial charge is 0.505 e. The van der Waals surface area contributed by atoms with E-state index in [0.29, 0.717) is 0 Å². The van der Waals surface area contributed by atoms with Crippen LogP contribution in [0.5, 0.6) is 5.75 Å². The van der Waals surface area contributed by atoms with Gasteiger partial charge in [-0.3, -0.25) is 0 Å². The summed E-state index contributed by atoms with van der Waals surface area (Å²) in [5.74, 6) is 0.598. The Balaban J connectivity index is 1.09. The van der Waals surface area contributed by atoms with Crippen molar-refractivity contribution in [1.82, 2.24) is 0 Å². The Kier molecular flexibility index (Phi) is 13.2. The number of aromatic hydroxyl groups is 1. The van der Waals surface area contributed by atoms with Gasteiger partial charge >= 0.3 is 0 Å². The van der Waals surface area contributed by atoms with E-state index in [0.717, 1.165) is 107 Å². The Bertz CT molecular complexity index is 4630. The summed E-state index contributed by atoms with van der Waals surface area (Å²) in [5.41, 5.74) is 23.9. The van der Waals surface area contributed by atoms with Crippen LogP contribution in [0.2, 0.25) is 0 Å². The molecule has 13 rings (SSSR count). The fourth-order valence-corrected chi connectivity index (χ4v) is 13.4. The first-order chi connectivity index (χ1) is 39.8. The summed E-state index contributed by atoms with van der Waals surface area (Å²) in [4.78, 5) is 4.83. The minimum atomic E-state index is 0.175. The van der Waals surface area contributed by atoms with Crippen molar-refractivity contribution in [3.8, 4) is 39.1 Å². The highest BCUT2D eigenvalue weighted by Gasteiger charge is 2.30. The Morgan fingerprint density at radius 2 is 0.817 bits per heavy atom. The lowest BCUT2D eigenvalue weighted by molar-refractivity contribution is 0.478. The molecule has 82 heavy (non-hydrogen) atoms. The summed E-state index contributed by atoms with van der Waals surface area (Å²) in [6, 6.07) is 73.4. The molecular formula is C78H70N2O2. The molecule has 1 N–H and O–H groups in total. The van der Waals surface area contributed by atoms with Gasteiger partial charge in [-0.15, -0.1) is 0 Å². The van der Waals surface area contributed by atoms with Crippen LogP contribution in [0.1, 0.15) is 97.9 Å². The van der Waals surface area contributed by atoms with Gasteiger partial charge in [0.15, 0.2) is 5.58 Å².